The van der Waals surface area contributed by atoms with Crippen molar-refractivity contribution in [1.29, 1.82) is 0 Å². The molecule has 0 radical (unpaired) electrons. The van der Waals surface area contributed by atoms with Crippen molar-refractivity contribution in [2.75, 3.05) is 51.8 Å². The van der Waals surface area contributed by atoms with Crippen molar-refractivity contribution >= 4 is 17.5 Å². The maximum absolute atomic E-state index is 12.4. The third kappa shape index (κ3) is 6.03. The molecule has 7 heteroatoms. The second-order valence-electron chi connectivity index (χ2n) is 6.10. The maximum atomic E-state index is 12.4. The number of anilines is 1. The van der Waals surface area contributed by atoms with E-state index in [1.165, 1.54) is 0 Å². The summed E-state index contributed by atoms with van der Waals surface area (Å²) in [5.41, 5.74) is 0.675. The first-order valence-electron chi connectivity index (χ1n) is 8.57. The van der Waals surface area contributed by atoms with Gasteiger partial charge in [0.25, 0.3) is 0 Å². The topological polar surface area (TPSA) is 71.1 Å². The second-order valence-corrected chi connectivity index (χ2v) is 6.10. The predicted octanol–water partition coefficient (Wildman–Crippen LogP) is 1.20. The molecule has 0 aromatic heterocycles. The molecule has 138 valence electrons. The van der Waals surface area contributed by atoms with Crippen LogP contribution in [-0.2, 0) is 14.3 Å². The number of nitrogens with one attached hydrogen (secondary N) is 1. The Bertz CT molecular complexity index is 593. The number of carbonyl (C=O) groups excluding carboxylic acids is 2. The summed E-state index contributed by atoms with van der Waals surface area (Å²) in [5, 5.41) is 2.84. The molecule has 1 unspecified atom stereocenters. The number of carbonyl (C=O) groups is 2. The van der Waals surface area contributed by atoms with Crippen LogP contribution in [0.5, 0.6) is 5.75 Å². The average molecular weight is 349 g/mol. The molecule has 1 N–H and O–H groups in total. The van der Waals surface area contributed by atoms with Crippen molar-refractivity contribution in [3.8, 4) is 5.75 Å². The van der Waals surface area contributed by atoms with Gasteiger partial charge >= 0.3 is 0 Å². The zero-order valence-corrected chi connectivity index (χ0v) is 15.2. The molecule has 1 aliphatic heterocycles. The highest BCUT2D eigenvalue weighted by Crippen LogP contribution is 2.16. The van der Waals surface area contributed by atoms with Crippen molar-refractivity contribution < 1.29 is 19.1 Å². The molecule has 7 nitrogen and oxygen atoms in total. The summed E-state index contributed by atoms with van der Waals surface area (Å²) in [7, 11) is 1.58. The summed E-state index contributed by atoms with van der Waals surface area (Å²) in [6.07, 6.45) is 0.0594. The Balaban J connectivity index is 1.85. The molecule has 0 bridgehead atoms. The minimum atomic E-state index is -0.154. The number of nitrogens with zero attached hydrogens (tertiary/aromatic N) is 2. The number of hydrogen-bond acceptors (Lipinski definition) is 5. The van der Waals surface area contributed by atoms with E-state index in [1.807, 2.05) is 30.9 Å². The van der Waals surface area contributed by atoms with E-state index in [0.717, 1.165) is 0 Å². The largest absolute Gasteiger partial charge is 0.497 e. The number of morpholine rings is 1. The average Bonchev–Trinajstić information content (AvgIpc) is 2.61. The van der Waals surface area contributed by atoms with E-state index in [-0.39, 0.29) is 31.0 Å². The molecule has 2 amide bonds. The van der Waals surface area contributed by atoms with Gasteiger partial charge in [0.15, 0.2) is 0 Å². The molecule has 1 heterocycles. The smallest absolute Gasteiger partial charge is 0.238 e. The van der Waals surface area contributed by atoms with Crippen LogP contribution < -0.4 is 10.1 Å². The lowest BCUT2D eigenvalue weighted by Crippen LogP contribution is -2.49. The number of methoxy groups -OCH3 is 1. The molecular formula is C18H27N3O4. The van der Waals surface area contributed by atoms with Crippen molar-refractivity contribution in [2.45, 2.75) is 20.0 Å². The molecule has 1 aliphatic rings. The van der Waals surface area contributed by atoms with Crippen LogP contribution in [0.3, 0.4) is 0 Å². The van der Waals surface area contributed by atoms with Crippen LogP contribution in [0, 0.1) is 0 Å². The Labute approximate surface area is 148 Å². The minimum absolute atomic E-state index is 0.0335. The van der Waals surface area contributed by atoms with Gasteiger partial charge in [-0.25, -0.2) is 0 Å². The van der Waals surface area contributed by atoms with Gasteiger partial charge < -0.3 is 19.7 Å². The predicted molar refractivity (Wildman–Crippen MR) is 95.7 cm³/mol. The van der Waals surface area contributed by atoms with E-state index in [4.69, 9.17) is 9.47 Å². The van der Waals surface area contributed by atoms with E-state index in [9.17, 15) is 9.59 Å². The van der Waals surface area contributed by atoms with E-state index in [1.54, 1.807) is 24.1 Å². The van der Waals surface area contributed by atoms with Gasteiger partial charge in [0, 0.05) is 24.8 Å². The molecule has 1 fully saturated rings. The third-order valence-electron chi connectivity index (χ3n) is 4.12. The van der Waals surface area contributed by atoms with Crippen LogP contribution in [0.15, 0.2) is 24.3 Å². The van der Waals surface area contributed by atoms with Gasteiger partial charge in [-0.2, -0.15) is 0 Å². The van der Waals surface area contributed by atoms with Crippen molar-refractivity contribution in [3.05, 3.63) is 24.3 Å². The van der Waals surface area contributed by atoms with Gasteiger partial charge in [-0.05, 0) is 25.6 Å². The fraction of sp³-hybridized carbons (Fsp3) is 0.556. The van der Waals surface area contributed by atoms with Crippen molar-refractivity contribution in [1.82, 2.24) is 9.80 Å². The molecule has 1 saturated heterocycles. The molecule has 1 aromatic carbocycles. The lowest BCUT2D eigenvalue weighted by Gasteiger charge is -2.32. The molecule has 1 aromatic rings. The minimum Gasteiger partial charge on any atom is -0.497 e. The summed E-state index contributed by atoms with van der Waals surface area (Å²) in [5.74, 6) is 0.561. The SMILES string of the molecule is CCN(CC(=O)Nc1cccc(OC)c1)CC(=O)N1CCOC(C)C1. The normalized spacial score (nSPS) is 17.4. The summed E-state index contributed by atoms with van der Waals surface area (Å²) < 4.78 is 10.6. The number of ether oxygens (including phenoxy) is 2. The number of hydrogen-bond donors (Lipinski definition) is 1. The Kier molecular flexibility index (Phi) is 7.21. The summed E-state index contributed by atoms with van der Waals surface area (Å²) in [6.45, 7) is 6.69. The Morgan fingerprint density at radius 3 is 2.88 bits per heavy atom. The van der Waals surface area contributed by atoms with Gasteiger partial charge in [-0.3, -0.25) is 14.5 Å². The van der Waals surface area contributed by atoms with Crippen molar-refractivity contribution in [3.63, 3.8) is 0 Å². The first-order chi connectivity index (χ1) is 12.0. The van der Waals surface area contributed by atoms with Crippen LogP contribution in [0.1, 0.15) is 13.8 Å². The van der Waals surface area contributed by atoms with E-state index in [2.05, 4.69) is 5.32 Å². The number of benzene rings is 1. The van der Waals surface area contributed by atoms with Gasteiger partial charge in [-0.15, -0.1) is 0 Å². The van der Waals surface area contributed by atoms with Gasteiger partial charge in [-0.1, -0.05) is 13.0 Å². The maximum Gasteiger partial charge on any atom is 0.238 e. The molecule has 1 atom stereocenters. The molecule has 0 spiro atoms. The highest BCUT2D eigenvalue weighted by atomic mass is 16.5. The van der Waals surface area contributed by atoms with Crippen LogP contribution in [0.4, 0.5) is 5.69 Å². The Morgan fingerprint density at radius 2 is 2.20 bits per heavy atom. The van der Waals surface area contributed by atoms with Gasteiger partial charge in [0.2, 0.25) is 11.8 Å². The van der Waals surface area contributed by atoms with E-state index >= 15 is 0 Å². The van der Waals surface area contributed by atoms with Crippen LogP contribution in [0.25, 0.3) is 0 Å². The number of rotatable bonds is 7. The fourth-order valence-corrected chi connectivity index (χ4v) is 2.72. The molecule has 0 aliphatic carbocycles. The lowest BCUT2D eigenvalue weighted by atomic mass is 10.3. The van der Waals surface area contributed by atoms with Gasteiger partial charge in [0.1, 0.15) is 5.75 Å². The fourth-order valence-electron chi connectivity index (χ4n) is 2.72. The number of amides is 2. The Morgan fingerprint density at radius 1 is 1.40 bits per heavy atom. The van der Waals surface area contributed by atoms with Crippen LogP contribution in [0.2, 0.25) is 0 Å². The zero-order valence-electron chi connectivity index (χ0n) is 15.2. The monoisotopic (exact) mass is 349 g/mol. The van der Waals surface area contributed by atoms with Gasteiger partial charge in [0.05, 0.1) is 32.9 Å². The standard InChI is InChI=1S/C18H27N3O4/c1-4-20(13-18(23)21-8-9-25-14(2)11-21)12-17(22)19-15-6-5-7-16(10-15)24-3/h5-7,10,14H,4,8-9,11-13H2,1-3H3,(H,19,22). The molecule has 0 saturated carbocycles. The van der Waals surface area contributed by atoms with E-state index < -0.39 is 0 Å². The Hall–Kier alpha value is -2.12. The quantitative estimate of drug-likeness (QED) is 0.801. The van der Waals surface area contributed by atoms with E-state index in [0.29, 0.717) is 37.7 Å². The lowest BCUT2D eigenvalue weighted by molar-refractivity contribution is -0.139. The number of likely N-dealkylation sites (N-methyl/N-ethyl adjacent to an activating group) is 1. The summed E-state index contributed by atoms with van der Waals surface area (Å²) >= 11 is 0. The molecular weight excluding hydrogens is 322 g/mol. The van der Waals surface area contributed by atoms with Crippen LogP contribution in [-0.4, -0.2) is 74.2 Å². The molecule has 2 rings (SSSR count). The highest BCUT2D eigenvalue weighted by molar-refractivity contribution is 5.92. The highest BCUT2D eigenvalue weighted by Gasteiger charge is 2.23. The molecule has 25 heavy (non-hydrogen) atoms. The third-order valence-corrected chi connectivity index (χ3v) is 4.12. The summed E-state index contributed by atoms with van der Waals surface area (Å²) in [6, 6.07) is 7.19. The van der Waals surface area contributed by atoms with Crippen molar-refractivity contribution in [2.24, 2.45) is 0 Å². The first kappa shape index (κ1) is 19.2. The first-order valence-corrected chi connectivity index (χ1v) is 8.57. The summed E-state index contributed by atoms with van der Waals surface area (Å²) in [4.78, 5) is 28.3. The van der Waals surface area contributed by atoms with Crippen LogP contribution >= 0.6 is 0 Å². The second kappa shape index (κ2) is 9.39. The zero-order chi connectivity index (χ0) is 18.2.